The molecule has 13 heteroatoms. The molecule has 13 nitrogen and oxygen atoms in total. The fourth-order valence-electron chi connectivity index (χ4n) is 2.60. The average Bonchev–Trinajstić information content (AvgIpc) is 3.38. The van der Waals surface area contributed by atoms with Gasteiger partial charge in [0.2, 0.25) is 11.8 Å². The first kappa shape index (κ1) is 22.5. The quantitative estimate of drug-likeness (QED) is 0.205. The molecule has 2 aromatic heterocycles. The van der Waals surface area contributed by atoms with Crippen molar-refractivity contribution in [2.75, 3.05) is 0 Å². The van der Waals surface area contributed by atoms with Gasteiger partial charge in [0.15, 0.2) is 0 Å². The summed E-state index contributed by atoms with van der Waals surface area (Å²) in [6, 6.07) is -3.56. The second kappa shape index (κ2) is 10.7. The standard InChI is InChI=1S/C17H23N7O6/c18-11(1-2-14(25)26)15(27)23-12(3-9-5-19-7-21-9)16(28)24-13(17(29)30)4-10-6-20-8-22-10/h5-8,11-13H,1-4,18H2,(H,19,21)(H,20,22)(H,23,27)(H,24,28)(H,25,26)(H,29,30)/t11-,12-,13-/m0/s1. The molecule has 0 unspecified atom stereocenters. The van der Waals surface area contributed by atoms with Gasteiger partial charge in [0.05, 0.1) is 18.7 Å². The van der Waals surface area contributed by atoms with E-state index in [9.17, 15) is 24.3 Å². The fraction of sp³-hybridized carbons (Fsp3) is 0.412. The van der Waals surface area contributed by atoms with Gasteiger partial charge in [-0.25, -0.2) is 14.8 Å². The number of carbonyl (C=O) groups excluding carboxylic acids is 2. The van der Waals surface area contributed by atoms with Crippen molar-refractivity contribution < 1.29 is 29.4 Å². The molecule has 0 aliphatic rings. The van der Waals surface area contributed by atoms with Crippen LogP contribution in [0.3, 0.4) is 0 Å². The molecule has 0 saturated heterocycles. The Bertz CT molecular complexity index is 852. The van der Waals surface area contributed by atoms with E-state index < -0.39 is 41.9 Å². The first-order valence-corrected chi connectivity index (χ1v) is 9.01. The number of hydrogen-bond acceptors (Lipinski definition) is 7. The van der Waals surface area contributed by atoms with Gasteiger partial charge in [-0.2, -0.15) is 0 Å². The van der Waals surface area contributed by atoms with Crippen LogP contribution in [-0.4, -0.2) is 72.0 Å². The second-order valence-electron chi connectivity index (χ2n) is 6.56. The molecule has 2 rings (SSSR count). The summed E-state index contributed by atoms with van der Waals surface area (Å²) in [7, 11) is 0. The fourth-order valence-corrected chi connectivity index (χ4v) is 2.60. The van der Waals surface area contributed by atoms with Crippen molar-refractivity contribution in [1.82, 2.24) is 30.6 Å². The third-order valence-electron chi connectivity index (χ3n) is 4.21. The number of imidazole rings is 2. The lowest BCUT2D eigenvalue weighted by Gasteiger charge is -2.22. The number of nitrogens with zero attached hydrogens (tertiary/aromatic N) is 2. The molecule has 0 bridgehead atoms. The number of carboxylic acid groups (broad SMARTS) is 2. The highest BCUT2D eigenvalue weighted by Crippen LogP contribution is 2.04. The molecular weight excluding hydrogens is 398 g/mol. The van der Waals surface area contributed by atoms with E-state index in [0.717, 1.165) is 0 Å². The smallest absolute Gasteiger partial charge is 0.326 e. The van der Waals surface area contributed by atoms with Crippen LogP contribution >= 0.6 is 0 Å². The van der Waals surface area contributed by atoms with Gasteiger partial charge in [-0.1, -0.05) is 0 Å². The summed E-state index contributed by atoms with van der Waals surface area (Å²) in [6.45, 7) is 0. The molecular formula is C17H23N7O6. The maximum Gasteiger partial charge on any atom is 0.326 e. The third kappa shape index (κ3) is 7.01. The number of aromatic nitrogens is 4. The molecule has 0 radical (unpaired) electrons. The first-order chi connectivity index (χ1) is 14.3. The average molecular weight is 421 g/mol. The Labute approximate surface area is 170 Å². The van der Waals surface area contributed by atoms with E-state index in [1.165, 1.54) is 25.0 Å². The summed E-state index contributed by atoms with van der Waals surface area (Å²) in [6.07, 6.45) is 5.21. The monoisotopic (exact) mass is 421 g/mol. The molecule has 0 saturated carbocycles. The van der Waals surface area contributed by atoms with Gasteiger partial charge in [-0.3, -0.25) is 14.4 Å². The van der Waals surface area contributed by atoms with E-state index >= 15 is 0 Å². The molecule has 8 N–H and O–H groups in total. The van der Waals surface area contributed by atoms with Gasteiger partial charge < -0.3 is 36.5 Å². The zero-order valence-corrected chi connectivity index (χ0v) is 15.9. The predicted molar refractivity (Wildman–Crippen MR) is 101 cm³/mol. The van der Waals surface area contributed by atoms with E-state index in [2.05, 4.69) is 30.6 Å². The lowest BCUT2D eigenvalue weighted by Crippen LogP contribution is -2.55. The Kier molecular flexibility index (Phi) is 8.05. The van der Waals surface area contributed by atoms with Crippen LogP contribution in [0.4, 0.5) is 0 Å². The largest absolute Gasteiger partial charge is 0.481 e. The molecule has 2 heterocycles. The number of H-pyrrole nitrogens is 2. The normalized spacial score (nSPS) is 13.8. The maximum absolute atomic E-state index is 12.8. The van der Waals surface area contributed by atoms with Gasteiger partial charge in [0, 0.05) is 43.0 Å². The van der Waals surface area contributed by atoms with Crippen LogP contribution in [0, 0.1) is 0 Å². The van der Waals surface area contributed by atoms with Gasteiger partial charge in [-0.05, 0) is 6.42 Å². The van der Waals surface area contributed by atoms with Crippen molar-refractivity contribution in [2.24, 2.45) is 5.73 Å². The van der Waals surface area contributed by atoms with Crippen LogP contribution < -0.4 is 16.4 Å². The molecule has 0 spiro atoms. The van der Waals surface area contributed by atoms with Gasteiger partial charge >= 0.3 is 11.9 Å². The minimum absolute atomic E-state index is 0.000377. The zero-order chi connectivity index (χ0) is 22.1. The van der Waals surface area contributed by atoms with Crippen LogP contribution in [0.1, 0.15) is 24.2 Å². The van der Waals surface area contributed by atoms with E-state index in [1.54, 1.807) is 0 Å². The SMILES string of the molecule is N[C@@H](CCC(=O)O)C(=O)N[C@@H](Cc1cnc[nH]1)C(=O)N[C@@H](Cc1cnc[nH]1)C(=O)O. The van der Waals surface area contributed by atoms with Crippen molar-refractivity contribution in [3.63, 3.8) is 0 Å². The van der Waals surface area contributed by atoms with Crippen LogP contribution in [0.15, 0.2) is 25.0 Å². The van der Waals surface area contributed by atoms with Crippen LogP contribution in [0.5, 0.6) is 0 Å². The van der Waals surface area contributed by atoms with E-state index in [0.29, 0.717) is 11.4 Å². The van der Waals surface area contributed by atoms with E-state index in [1.807, 2.05) is 0 Å². The maximum atomic E-state index is 12.8. The third-order valence-corrected chi connectivity index (χ3v) is 4.21. The van der Waals surface area contributed by atoms with Crippen molar-refractivity contribution in [3.05, 3.63) is 36.4 Å². The van der Waals surface area contributed by atoms with Gasteiger partial charge in [0.1, 0.15) is 12.1 Å². The minimum atomic E-state index is -1.26. The number of aromatic amines is 2. The predicted octanol–water partition coefficient (Wildman–Crippen LogP) is -1.84. The Morgan fingerprint density at radius 2 is 1.47 bits per heavy atom. The number of amides is 2. The summed E-state index contributed by atoms with van der Waals surface area (Å²) < 4.78 is 0. The Balaban J connectivity index is 2.08. The number of carboxylic acids is 2. The number of aliphatic carboxylic acids is 2. The summed E-state index contributed by atoms with van der Waals surface area (Å²) in [5, 5.41) is 23.0. The second-order valence-corrected chi connectivity index (χ2v) is 6.56. The van der Waals surface area contributed by atoms with Gasteiger partial charge in [-0.15, -0.1) is 0 Å². The molecule has 0 aliphatic carbocycles. The van der Waals surface area contributed by atoms with Crippen LogP contribution in [0.2, 0.25) is 0 Å². The first-order valence-electron chi connectivity index (χ1n) is 9.01. The molecule has 0 aliphatic heterocycles. The van der Waals surface area contributed by atoms with E-state index in [-0.39, 0.29) is 25.7 Å². The number of rotatable bonds is 12. The topological polar surface area (TPSA) is 216 Å². The minimum Gasteiger partial charge on any atom is -0.481 e. The van der Waals surface area contributed by atoms with Crippen LogP contribution in [0.25, 0.3) is 0 Å². The van der Waals surface area contributed by atoms with Crippen molar-refractivity contribution >= 4 is 23.8 Å². The molecule has 3 atom stereocenters. The van der Waals surface area contributed by atoms with Gasteiger partial charge in [0.25, 0.3) is 0 Å². The number of nitrogens with one attached hydrogen (secondary N) is 4. The zero-order valence-electron chi connectivity index (χ0n) is 15.9. The Morgan fingerprint density at radius 1 is 0.933 bits per heavy atom. The van der Waals surface area contributed by atoms with Crippen molar-refractivity contribution in [3.8, 4) is 0 Å². The Morgan fingerprint density at radius 3 is 1.93 bits per heavy atom. The summed E-state index contributed by atoms with van der Waals surface area (Å²) in [5.74, 6) is -3.83. The molecule has 0 aromatic carbocycles. The highest BCUT2D eigenvalue weighted by atomic mass is 16.4. The lowest BCUT2D eigenvalue weighted by molar-refractivity contribution is -0.142. The summed E-state index contributed by atoms with van der Waals surface area (Å²) in [5.41, 5.74) is 6.72. The number of nitrogens with two attached hydrogens (primary N) is 1. The number of carbonyl (C=O) groups is 4. The summed E-state index contributed by atoms with van der Waals surface area (Å²) >= 11 is 0. The highest BCUT2D eigenvalue weighted by Gasteiger charge is 2.29. The molecule has 162 valence electrons. The van der Waals surface area contributed by atoms with E-state index in [4.69, 9.17) is 10.8 Å². The van der Waals surface area contributed by atoms with Crippen molar-refractivity contribution in [1.29, 1.82) is 0 Å². The van der Waals surface area contributed by atoms with Crippen molar-refractivity contribution in [2.45, 2.75) is 43.8 Å². The number of hydrogen-bond donors (Lipinski definition) is 7. The lowest BCUT2D eigenvalue weighted by atomic mass is 10.1. The molecule has 2 amide bonds. The van der Waals surface area contributed by atoms with Crippen LogP contribution in [-0.2, 0) is 32.0 Å². The highest BCUT2D eigenvalue weighted by molar-refractivity contribution is 5.92. The molecule has 2 aromatic rings. The molecule has 30 heavy (non-hydrogen) atoms. The molecule has 0 fully saturated rings. The summed E-state index contributed by atoms with van der Waals surface area (Å²) in [4.78, 5) is 60.5. The Hall–Kier alpha value is -3.74.